The summed E-state index contributed by atoms with van der Waals surface area (Å²) in [5, 5.41) is 0. The van der Waals surface area contributed by atoms with Crippen molar-refractivity contribution in [2.45, 2.75) is 57.8 Å². The van der Waals surface area contributed by atoms with Crippen LogP contribution in [0.15, 0.2) is 23.1 Å². The van der Waals surface area contributed by atoms with Gasteiger partial charge in [-0.15, -0.1) is 0 Å². The van der Waals surface area contributed by atoms with Gasteiger partial charge in [-0.2, -0.15) is 4.31 Å². The maximum atomic E-state index is 13.2. The van der Waals surface area contributed by atoms with Gasteiger partial charge in [0.2, 0.25) is 10.0 Å². The fraction of sp³-hybridized carbons (Fsp3) is 0.632. The highest BCUT2D eigenvalue weighted by atomic mass is 32.2. The average molecular weight is 368 g/mol. The van der Waals surface area contributed by atoms with Crippen LogP contribution < -0.4 is 0 Å². The summed E-state index contributed by atoms with van der Waals surface area (Å²) in [5.41, 5.74) is 1.58. The molecule has 2 rings (SSSR count). The number of carbonyl (C=O) groups excluding carboxylic acids is 1. The number of carbonyl (C=O) groups is 1. The number of rotatable bonds is 4. The Balaban J connectivity index is 2.33. The lowest BCUT2D eigenvalue weighted by Crippen LogP contribution is -2.43. The lowest BCUT2D eigenvalue weighted by molar-refractivity contribution is -0.149. The van der Waals surface area contributed by atoms with E-state index in [1.807, 2.05) is 19.1 Å². The van der Waals surface area contributed by atoms with Gasteiger partial charge in [0, 0.05) is 13.1 Å². The molecule has 25 heavy (non-hydrogen) atoms. The Morgan fingerprint density at radius 3 is 2.60 bits per heavy atom. The van der Waals surface area contributed by atoms with Gasteiger partial charge in [-0.1, -0.05) is 32.9 Å². The summed E-state index contributed by atoms with van der Waals surface area (Å²) in [6, 6.07) is 5.62. The normalized spacial score (nSPS) is 19.6. The van der Waals surface area contributed by atoms with Crippen molar-refractivity contribution in [1.82, 2.24) is 4.31 Å². The minimum Gasteiger partial charge on any atom is -0.466 e. The van der Waals surface area contributed by atoms with Crippen molar-refractivity contribution in [2.24, 2.45) is 5.92 Å². The highest BCUT2D eigenvalue weighted by Crippen LogP contribution is 2.30. The third-order valence-electron chi connectivity index (χ3n) is 4.68. The highest BCUT2D eigenvalue weighted by molar-refractivity contribution is 7.89. The van der Waals surface area contributed by atoms with Gasteiger partial charge in [-0.25, -0.2) is 8.42 Å². The summed E-state index contributed by atoms with van der Waals surface area (Å²) in [7, 11) is -3.63. The predicted molar refractivity (Wildman–Crippen MR) is 98.0 cm³/mol. The lowest BCUT2D eigenvalue weighted by Gasteiger charge is -2.31. The van der Waals surface area contributed by atoms with E-state index in [4.69, 9.17) is 4.74 Å². The van der Waals surface area contributed by atoms with E-state index in [0.29, 0.717) is 30.9 Å². The standard InChI is InChI=1S/C19H29NO4S/c1-6-24-18(21)15-8-7-11-20(13-15)25(22,23)17-12-16(19(3,4)5)10-9-14(17)2/h9-10,12,15H,6-8,11,13H2,1-5H3/t15-/m0/s1. The largest absolute Gasteiger partial charge is 0.466 e. The number of piperidine rings is 1. The van der Waals surface area contributed by atoms with Crippen molar-refractivity contribution in [1.29, 1.82) is 0 Å². The Hall–Kier alpha value is -1.40. The third-order valence-corrected chi connectivity index (χ3v) is 6.68. The first kappa shape index (κ1) is 19.9. The topological polar surface area (TPSA) is 63.7 Å². The predicted octanol–water partition coefficient (Wildman–Crippen LogP) is 3.26. The molecule has 1 fully saturated rings. The molecule has 0 saturated carbocycles. The number of aryl methyl sites for hydroxylation is 1. The maximum Gasteiger partial charge on any atom is 0.310 e. The lowest BCUT2D eigenvalue weighted by atomic mass is 9.87. The van der Waals surface area contributed by atoms with Crippen LogP contribution in [0.4, 0.5) is 0 Å². The first-order valence-corrected chi connectivity index (χ1v) is 10.3. The Bertz CT molecular complexity index is 734. The van der Waals surface area contributed by atoms with Crippen LogP contribution in [0.2, 0.25) is 0 Å². The van der Waals surface area contributed by atoms with Crippen LogP contribution in [0.25, 0.3) is 0 Å². The second kappa shape index (κ2) is 7.46. The maximum absolute atomic E-state index is 13.2. The van der Waals surface area contributed by atoms with E-state index in [-0.39, 0.29) is 23.8 Å². The van der Waals surface area contributed by atoms with Crippen molar-refractivity contribution in [3.8, 4) is 0 Å². The molecule has 0 amide bonds. The molecule has 1 aliphatic heterocycles. The molecule has 5 nitrogen and oxygen atoms in total. The second-order valence-electron chi connectivity index (χ2n) is 7.68. The quantitative estimate of drug-likeness (QED) is 0.766. The van der Waals surface area contributed by atoms with Crippen LogP contribution in [-0.4, -0.2) is 38.4 Å². The van der Waals surface area contributed by atoms with Crippen molar-refractivity contribution >= 4 is 16.0 Å². The first-order valence-electron chi connectivity index (χ1n) is 8.85. The van der Waals surface area contributed by atoms with E-state index in [1.165, 1.54) is 4.31 Å². The van der Waals surface area contributed by atoms with Crippen molar-refractivity contribution < 1.29 is 17.9 Å². The van der Waals surface area contributed by atoms with E-state index in [9.17, 15) is 13.2 Å². The smallest absolute Gasteiger partial charge is 0.310 e. The summed E-state index contributed by atoms with van der Waals surface area (Å²) < 4.78 is 32.9. The molecule has 140 valence electrons. The minimum atomic E-state index is -3.63. The summed E-state index contributed by atoms with van der Waals surface area (Å²) in [4.78, 5) is 12.4. The Morgan fingerprint density at radius 2 is 2.00 bits per heavy atom. The van der Waals surface area contributed by atoms with Gasteiger partial charge in [0.05, 0.1) is 17.4 Å². The summed E-state index contributed by atoms with van der Waals surface area (Å²) in [5.74, 6) is -0.683. The zero-order valence-corrected chi connectivity index (χ0v) is 16.6. The van der Waals surface area contributed by atoms with Gasteiger partial charge in [0.15, 0.2) is 0 Å². The molecule has 0 bridgehead atoms. The monoisotopic (exact) mass is 367 g/mol. The summed E-state index contributed by atoms with van der Waals surface area (Å²) in [6.45, 7) is 10.7. The average Bonchev–Trinajstić information content (AvgIpc) is 2.54. The van der Waals surface area contributed by atoms with Gasteiger partial charge in [-0.05, 0) is 49.3 Å². The van der Waals surface area contributed by atoms with Crippen LogP contribution in [0.1, 0.15) is 51.7 Å². The number of hydrogen-bond acceptors (Lipinski definition) is 4. The van der Waals surface area contributed by atoms with Crippen LogP contribution >= 0.6 is 0 Å². The number of esters is 1. The van der Waals surface area contributed by atoms with E-state index in [2.05, 4.69) is 20.8 Å². The molecule has 0 aliphatic carbocycles. The van der Waals surface area contributed by atoms with E-state index >= 15 is 0 Å². The molecule has 1 aliphatic rings. The van der Waals surface area contributed by atoms with Gasteiger partial charge >= 0.3 is 5.97 Å². The second-order valence-corrected chi connectivity index (χ2v) is 9.59. The van der Waals surface area contributed by atoms with Crippen LogP contribution in [0, 0.1) is 12.8 Å². The molecule has 0 spiro atoms. The molecule has 0 aromatic heterocycles. The van der Waals surface area contributed by atoms with E-state index in [0.717, 1.165) is 11.1 Å². The molecule has 0 radical (unpaired) electrons. The van der Waals surface area contributed by atoms with Crippen molar-refractivity contribution in [3.63, 3.8) is 0 Å². The SMILES string of the molecule is CCOC(=O)[C@H]1CCCN(S(=O)(=O)c2cc(C(C)(C)C)ccc2C)C1. The van der Waals surface area contributed by atoms with Crippen LogP contribution in [-0.2, 0) is 25.0 Å². The van der Waals surface area contributed by atoms with Gasteiger partial charge in [-0.3, -0.25) is 4.79 Å². The van der Waals surface area contributed by atoms with Crippen LogP contribution in [0.5, 0.6) is 0 Å². The number of sulfonamides is 1. The van der Waals surface area contributed by atoms with E-state index in [1.54, 1.807) is 13.0 Å². The molecular formula is C19H29NO4S. The zero-order chi connectivity index (χ0) is 18.8. The molecule has 1 aromatic carbocycles. The zero-order valence-electron chi connectivity index (χ0n) is 15.8. The fourth-order valence-electron chi connectivity index (χ4n) is 3.10. The number of ether oxygens (including phenoxy) is 1. The minimum absolute atomic E-state index is 0.132. The molecule has 1 saturated heterocycles. The van der Waals surface area contributed by atoms with Crippen molar-refractivity contribution in [2.75, 3.05) is 19.7 Å². The highest BCUT2D eigenvalue weighted by Gasteiger charge is 2.35. The summed E-state index contributed by atoms with van der Waals surface area (Å²) in [6.07, 6.45) is 1.34. The Labute approximate surface area is 151 Å². The Morgan fingerprint density at radius 1 is 1.32 bits per heavy atom. The number of hydrogen-bond donors (Lipinski definition) is 0. The van der Waals surface area contributed by atoms with Gasteiger partial charge in [0.1, 0.15) is 0 Å². The molecule has 1 aromatic rings. The molecular weight excluding hydrogens is 338 g/mol. The molecule has 1 atom stereocenters. The molecule has 0 N–H and O–H groups in total. The number of nitrogens with zero attached hydrogens (tertiary/aromatic N) is 1. The molecule has 6 heteroatoms. The van der Waals surface area contributed by atoms with Gasteiger partial charge < -0.3 is 4.74 Å². The van der Waals surface area contributed by atoms with Crippen molar-refractivity contribution in [3.05, 3.63) is 29.3 Å². The molecule has 1 heterocycles. The number of benzene rings is 1. The Kier molecular flexibility index (Phi) is 5.94. The van der Waals surface area contributed by atoms with E-state index < -0.39 is 10.0 Å². The first-order chi connectivity index (χ1) is 11.6. The van der Waals surface area contributed by atoms with Gasteiger partial charge in [0.25, 0.3) is 0 Å². The van der Waals surface area contributed by atoms with Crippen LogP contribution in [0.3, 0.4) is 0 Å². The summed E-state index contributed by atoms with van der Waals surface area (Å²) >= 11 is 0. The third kappa shape index (κ3) is 4.42. The fourth-order valence-corrected chi connectivity index (χ4v) is 4.87. The molecule has 0 unspecified atom stereocenters.